The summed E-state index contributed by atoms with van der Waals surface area (Å²) >= 11 is 0. The average Bonchev–Trinajstić information content (AvgIpc) is 2.93. The highest BCUT2D eigenvalue weighted by Gasteiger charge is 2.41. The third kappa shape index (κ3) is 3.99. The number of carbonyl (C=O) groups excluding carboxylic acids is 2. The number of nitrogens with zero attached hydrogens (tertiary/aromatic N) is 3. The zero-order valence-electron chi connectivity index (χ0n) is 16.2. The summed E-state index contributed by atoms with van der Waals surface area (Å²) in [6, 6.07) is 7.31. The van der Waals surface area contributed by atoms with Crippen LogP contribution in [0, 0.1) is 0 Å². The summed E-state index contributed by atoms with van der Waals surface area (Å²) in [7, 11) is 5.28. The normalized spacial score (nSPS) is 18.6. The molecule has 0 spiro atoms. The number of amides is 2. The Morgan fingerprint density at radius 2 is 1.63 bits per heavy atom. The van der Waals surface area contributed by atoms with Crippen LogP contribution < -0.4 is 4.74 Å². The SMILES string of the molecule is COCCCN1C(=O)C(c2ccc(OC)cc2)=C(N2CCN(C)CC2)C1=O. The summed E-state index contributed by atoms with van der Waals surface area (Å²) in [4.78, 5) is 31.9. The summed E-state index contributed by atoms with van der Waals surface area (Å²) in [5, 5.41) is 0. The van der Waals surface area contributed by atoms with Gasteiger partial charge < -0.3 is 19.3 Å². The molecule has 0 atom stereocenters. The van der Waals surface area contributed by atoms with Gasteiger partial charge in [-0.05, 0) is 31.2 Å². The second kappa shape index (κ2) is 8.54. The van der Waals surface area contributed by atoms with Crippen molar-refractivity contribution < 1.29 is 19.1 Å². The predicted octanol–water partition coefficient (Wildman–Crippen LogP) is 1.06. The molecule has 0 aliphatic carbocycles. The first kappa shape index (κ1) is 19.4. The van der Waals surface area contributed by atoms with E-state index in [0.717, 1.165) is 31.7 Å². The standard InChI is InChI=1S/C20H27N3O4/c1-21-10-12-22(13-11-21)18-17(15-5-7-16(27-3)8-6-15)19(24)23(20(18)25)9-4-14-26-2/h5-8H,4,9-14H2,1-3H3. The minimum atomic E-state index is -0.227. The zero-order valence-corrected chi connectivity index (χ0v) is 16.2. The molecule has 27 heavy (non-hydrogen) atoms. The van der Waals surface area contributed by atoms with Crippen LogP contribution >= 0.6 is 0 Å². The van der Waals surface area contributed by atoms with Gasteiger partial charge in [0.2, 0.25) is 0 Å². The van der Waals surface area contributed by atoms with Crippen LogP contribution in [0.4, 0.5) is 0 Å². The van der Waals surface area contributed by atoms with E-state index in [4.69, 9.17) is 9.47 Å². The van der Waals surface area contributed by atoms with Gasteiger partial charge >= 0.3 is 0 Å². The summed E-state index contributed by atoms with van der Waals surface area (Å²) in [6.07, 6.45) is 0.625. The minimum absolute atomic E-state index is 0.202. The molecule has 2 amide bonds. The third-order valence-corrected chi connectivity index (χ3v) is 5.07. The first-order valence-corrected chi connectivity index (χ1v) is 9.24. The average molecular weight is 373 g/mol. The maximum Gasteiger partial charge on any atom is 0.277 e. The summed E-state index contributed by atoms with van der Waals surface area (Å²) in [5.41, 5.74) is 1.76. The number of piperazine rings is 1. The van der Waals surface area contributed by atoms with E-state index in [9.17, 15) is 9.59 Å². The highest BCUT2D eigenvalue weighted by Crippen LogP contribution is 2.33. The van der Waals surface area contributed by atoms with Gasteiger partial charge in [0.25, 0.3) is 11.8 Å². The highest BCUT2D eigenvalue weighted by molar-refractivity contribution is 6.35. The number of ether oxygens (including phenoxy) is 2. The fourth-order valence-electron chi connectivity index (χ4n) is 3.47. The molecule has 0 aromatic heterocycles. The second-order valence-electron chi connectivity index (χ2n) is 6.85. The molecule has 2 heterocycles. The number of benzene rings is 1. The van der Waals surface area contributed by atoms with Crippen LogP contribution in [-0.4, -0.2) is 87.1 Å². The Morgan fingerprint density at radius 3 is 2.22 bits per heavy atom. The Morgan fingerprint density at radius 1 is 0.963 bits per heavy atom. The number of rotatable bonds is 7. The monoisotopic (exact) mass is 373 g/mol. The number of hydrogen-bond acceptors (Lipinski definition) is 6. The van der Waals surface area contributed by atoms with Crippen molar-refractivity contribution in [3.63, 3.8) is 0 Å². The summed E-state index contributed by atoms with van der Waals surface area (Å²) in [6.45, 7) is 4.07. The lowest BCUT2D eigenvalue weighted by Crippen LogP contribution is -2.46. The lowest BCUT2D eigenvalue weighted by atomic mass is 10.0. The van der Waals surface area contributed by atoms with Crippen molar-refractivity contribution in [2.45, 2.75) is 6.42 Å². The lowest BCUT2D eigenvalue weighted by Gasteiger charge is -2.34. The number of hydrogen-bond donors (Lipinski definition) is 0. The van der Waals surface area contributed by atoms with E-state index in [1.54, 1.807) is 14.2 Å². The quantitative estimate of drug-likeness (QED) is 0.526. The molecular weight excluding hydrogens is 346 g/mol. The molecular formula is C20H27N3O4. The first-order valence-electron chi connectivity index (χ1n) is 9.24. The molecule has 0 bridgehead atoms. The number of carbonyl (C=O) groups is 2. The Balaban J connectivity index is 1.95. The highest BCUT2D eigenvalue weighted by atomic mass is 16.5. The van der Waals surface area contributed by atoms with Gasteiger partial charge in [0, 0.05) is 46.4 Å². The first-order chi connectivity index (χ1) is 13.1. The van der Waals surface area contributed by atoms with Crippen molar-refractivity contribution in [2.24, 2.45) is 0 Å². The Bertz CT molecular complexity index is 721. The molecule has 3 rings (SSSR count). The fourth-order valence-corrected chi connectivity index (χ4v) is 3.47. The van der Waals surface area contributed by atoms with E-state index in [-0.39, 0.29) is 11.8 Å². The van der Waals surface area contributed by atoms with Crippen molar-refractivity contribution in [1.82, 2.24) is 14.7 Å². The van der Waals surface area contributed by atoms with Gasteiger partial charge in [-0.2, -0.15) is 0 Å². The molecule has 2 aliphatic rings. The van der Waals surface area contributed by atoms with Crippen molar-refractivity contribution in [3.05, 3.63) is 35.5 Å². The Labute approximate surface area is 160 Å². The molecule has 1 aromatic rings. The van der Waals surface area contributed by atoms with Crippen LogP contribution in [0.25, 0.3) is 5.57 Å². The van der Waals surface area contributed by atoms with Gasteiger partial charge in [-0.1, -0.05) is 12.1 Å². The Kier molecular flexibility index (Phi) is 6.13. The molecule has 0 radical (unpaired) electrons. The number of likely N-dealkylation sites (N-methyl/N-ethyl adjacent to an activating group) is 1. The van der Waals surface area contributed by atoms with Crippen molar-refractivity contribution in [3.8, 4) is 5.75 Å². The lowest BCUT2D eigenvalue weighted by molar-refractivity contribution is -0.137. The van der Waals surface area contributed by atoms with Gasteiger partial charge in [0.15, 0.2) is 0 Å². The van der Waals surface area contributed by atoms with E-state index in [0.29, 0.717) is 36.6 Å². The van der Waals surface area contributed by atoms with Crippen LogP contribution in [0.2, 0.25) is 0 Å². The number of imide groups is 1. The van der Waals surface area contributed by atoms with Crippen LogP contribution in [0.5, 0.6) is 5.75 Å². The molecule has 0 N–H and O–H groups in total. The van der Waals surface area contributed by atoms with Gasteiger partial charge in [0.05, 0.1) is 12.7 Å². The van der Waals surface area contributed by atoms with Crippen LogP contribution in [-0.2, 0) is 14.3 Å². The van der Waals surface area contributed by atoms with Crippen LogP contribution in [0.15, 0.2) is 30.0 Å². The molecule has 1 fully saturated rings. The van der Waals surface area contributed by atoms with Gasteiger partial charge in [-0.3, -0.25) is 14.5 Å². The smallest absolute Gasteiger partial charge is 0.277 e. The van der Waals surface area contributed by atoms with Crippen molar-refractivity contribution in [1.29, 1.82) is 0 Å². The molecule has 1 saturated heterocycles. The summed E-state index contributed by atoms with van der Waals surface area (Å²) < 4.78 is 10.3. The second-order valence-corrected chi connectivity index (χ2v) is 6.85. The van der Waals surface area contributed by atoms with Crippen molar-refractivity contribution in [2.75, 3.05) is 60.6 Å². The molecule has 0 unspecified atom stereocenters. The van der Waals surface area contributed by atoms with E-state index in [2.05, 4.69) is 16.8 Å². The van der Waals surface area contributed by atoms with Crippen LogP contribution in [0.3, 0.4) is 0 Å². The largest absolute Gasteiger partial charge is 0.497 e. The zero-order chi connectivity index (χ0) is 19.4. The molecule has 7 heteroatoms. The number of methoxy groups -OCH3 is 2. The van der Waals surface area contributed by atoms with Gasteiger partial charge in [0.1, 0.15) is 11.4 Å². The molecule has 0 saturated carbocycles. The van der Waals surface area contributed by atoms with Crippen LogP contribution in [0.1, 0.15) is 12.0 Å². The van der Waals surface area contributed by atoms with E-state index < -0.39 is 0 Å². The maximum absolute atomic E-state index is 13.1. The Hall–Kier alpha value is -2.38. The van der Waals surface area contributed by atoms with E-state index in [1.807, 2.05) is 24.3 Å². The topological polar surface area (TPSA) is 62.3 Å². The minimum Gasteiger partial charge on any atom is -0.497 e. The summed E-state index contributed by atoms with van der Waals surface area (Å²) in [5.74, 6) is 0.288. The molecule has 1 aromatic carbocycles. The third-order valence-electron chi connectivity index (χ3n) is 5.07. The van der Waals surface area contributed by atoms with Crippen molar-refractivity contribution >= 4 is 17.4 Å². The maximum atomic E-state index is 13.1. The van der Waals surface area contributed by atoms with E-state index in [1.165, 1.54) is 4.90 Å². The molecule has 2 aliphatic heterocycles. The van der Waals surface area contributed by atoms with E-state index >= 15 is 0 Å². The molecule has 146 valence electrons. The predicted molar refractivity (Wildman–Crippen MR) is 102 cm³/mol. The van der Waals surface area contributed by atoms with Gasteiger partial charge in [-0.25, -0.2) is 0 Å². The fraction of sp³-hybridized carbons (Fsp3) is 0.500. The van der Waals surface area contributed by atoms with Gasteiger partial charge in [-0.15, -0.1) is 0 Å². The molecule has 7 nitrogen and oxygen atoms in total.